The first-order valence-corrected chi connectivity index (χ1v) is 5.17. The lowest BCUT2D eigenvalue weighted by Gasteiger charge is -1.96. The van der Waals surface area contributed by atoms with Crippen molar-refractivity contribution >= 4 is 33.2 Å². The molecule has 0 bridgehead atoms. The van der Waals surface area contributed by atoms with Gasteiger partial charge in [-0.1, -0.05) is 0 Å². The second-order valence-corrected chi connectivity index (χ2v) is 4.01. The number of nitrogens with zero attached hydrogens (tertiary/aromatic N) is 4. The molecular formula is C6H6BrN5S. The zero-order valence-electron chi connectivity index (χ0n) is 6.51. The third-order valence-electron chi connectivity index (χ3n) is 1.41. The Bertz CT molecular complexity index is 395. The minimum atomic E-state index is 0.267. The van der Waals surface area contributed by atoms with Crippen LogP contribution >= 0.6 is 27.3 Å². The van der Waals surface area contributed by atoms with Gasteiger partial charge in [0.05, 0.1) is 6.54 Å². The summed E-state index contributed by atoms with van der Waals surface area (Å²) in [7, 11) is 0. The summed E-state index contributed by atoms with van der Waals surface area (Å²) in [6.07, 6.45) is 1.76. The molecule has 0 atom stereocenters. The molecule has 2 rings (SSSR count). The van der Waals surface area contributed by atoms with Crippen molar-refractivity contribution in [3.05, 3.63) is 21.3 Å². The number of anilines is 1. The van der Waals surface area contributed by atoms with Gasteiger partial charge in [0.15, 0.2) is 4.73 Å². The summed E-state index contributed by atoms with van der Waals surface area (Å²) in [5.74, 6) is 0.267. The van der Waals surface area contributed by atoms with Crippen LogP contribution in [-0.4, -0.2) is 19.7 Å². The summed E-state index contributed by atoms with van der Waals surface area (Å²) in [6, 6.07) is 0. The van der Waals surface area contributed by atoms with Crippen LogP contribution in [0, 0.1) is 0 Å². The summed E-state index contributed by atoms with van der Waals surface area (Å²) >= 11 is 4.82. The number of rotatable bonds is 2. The molecule has 68 valence electrons. The summed E-state index contributed by atoms with van der Waals surface area (Å²) < 4.78 is 2.29. The van der Waals surface area contributed by atoms with E-state index in [4.69, 9.17) is 5.73 Å². The van der Waals surface area contributed by atoms with Gasteiger partial charge in [0, 0.05) is 11.6 Å². The Morgan fingerprint density at radius 3 is 3.00 bits per heavy atom. The van der Waals surface area contributed by atoms with Crippen molar-refractivity contribution in [2.75, 3.05) is 5.73 Å². The van der Waals surface area contributed by atoms with E-state index >= 15 is 0 Å². The average molecular weight is 260 g/mol. The Balaban J connectivity index is 2.23. The van der Waals surface area contributed by atoms with E-state index in [0.717, 1.165) is 5.01 Å². The second-order valence-electron chi connectivity index (χ2n) is 2.32. The van der Waals surface area contributed by atoms with Crippen LogP contribution in [0.1, 0.15) is 5.01 Å². The number of nitrogen functional groups attached to an aromatic ring is 1. The number of aromatic nitrogens is 4. The summed E-state index contributed by atoms with van der Waals surface area (Å²) in [4.78, 5) is 8.04. The molecule has 0 amide bonds. The predicted octanol–water partition coefficient (Wildman–Crippen LogP) is 1.13. The van der Waals surface area contributed by atoms with E-state index in [-0.39, 0.29) is 5.95 Å². The molecule has 0 aliphatic rings. The smallest absolute Gasteiger partial charge is 0.240 e. The summed E-state index contributed by atoms with van der Waals surface area (Å²) in [5, 5.41) is 6.89. The standard InChI is InChI=1S/C6H6BrN5S/c7-5-10-6(8)11-12(5)3-4-9-1-2-13-4/h1-2H,3H2,(H2,8,11). The van der Waals surface area contributed by atoms with Gasteiger partial charge in [-0.15, -0.1) is 16.4 Å². The van der Waals surface area contributed by atoms with Crippen molar-refractivity contribution in [1.29, 1.82) is 0 Å². The third kappa shape index (κ3) is 1.86. The van der Waals surface area contributed by atoms with Crippen molar-refractivity contribution in [3.8, 4) is 0 Å². The van der Waals surface area contributed by atoms with E-state index in [0.29, 0.717) is 11.3 Å². The van der Waals surface area contributed by atoms with Crippen LogP contribution in [0.15, 0.2) is 16.3 Å². The van der Waals surface area contributed by atoms with Gasteiger partial charge < -0.3 is 5.73 Å². The lowest BCUT2D eigenvalue weighted by atomic mass is 10.7. The molecule has 0 spiro atoms. The number of thiazole rings is 1. The number of halogens is 1. The van der Waals surface area contributed by atoms with Crippen LogP contribution in [0.4, 0.5) is 5.95 Å². The maximum atomic E-state index is 5.42. The fraction of sp³-hybridized carbons (Fsp3) is 0.167. The van der Waals surface area contributed by atoms with Gasteiger partial charge in [0.25, 0.3) is 0 Å². The molecular weight excluding hydrogens is 254 g/mol. The highest BCUT2D eigenvalue weighted by atomic mass is 79.9. The third-order valence-corrected chi connectivity index (χ3v) is 2.76. The van der Waals surface area contributed by atoms with Gasteiger partial charge in [-0.3, -0.25) is 0 Å². The maximum absolute atomic E-state index is 5.42. The number of hydrogen-bond donors (Lipinski definition) is 1. The molecule has 13 heavy (non-hydrogen) atoms. The number of nitrogens with two attached hydrogens (primary N) is 1. The maximum Gasteiger partial charge on any atom is 0.240 e. The Morgan fingerprint density at radius 1 is 1.62 bits per heavy atom. The van der Waals surface area contributed by atoms with E-state index < -0.39 is 0 Å². The minimum absolute atomic E-state index is 0.267. The first-order chi connectivity index (χ1) is 6.25. The average Bonchev–Trinajstić information content (AvgIpc) is 2.63. The Labute approximate surface area is 86.7 Å². The molecule has 0 unspecified atom stereocenters. The molecule has 0 aliphatic carbocycles. The second kappa shape index (κ2) is 3.43. The molecule has 0 fully saturated rings. The SMILES string of the molecule is Nc1nc(Br)n(Cc2nccs2)n1. The van der Waals surface area contributed by atoms with E-state index in [9.17, 15) is 0 Å². The summed E-state index contributed by atoms with van der Waals surface area (Å²) in [6.45, 7) is 0.600. The van der Waals surface area contributed by atoms with E-state index in [1.807, 2.05) is 5.38 Å². The van der Waals surface area contributed by atoms with Gasteiger partial charge >= 0.3 is 0 Å². The number of hydrogen-bond acceptors (Lipinski definition) is 5. The van der Waals surface area contributed by atoms with Gasteiger partial charge in [-0.05, 0) is 15.9 Å². The first kappa shape index (κ1) is 8.64. The zero-order chi connectivity index (χ0) is 9.26. The zero-order valence-corrected chi connectivity index (χ0v) is 8.92. The Morgan fingerprint density at radius 2 is 2.46 bits per heavy atom. The van der Waals surface area contributed by atoms with Crippen LogP contribution < -0.4 is 5.73 Å². The molecule has 0 aliphatic heterocycles. The fourth-order valence-corrected chi connectivity index (χ4v) is 1.88. The lowest BCUT2D eigenvalue weighted by molar-refractivity contribution is 0.667. The van der Waals surface area contributed by atoms with Gasteiger partial charge in [0.2, 0.25) is 5.95 Å². The van der Waals surface area contributed by atoms with E-state index in [1.54, 1.807) is 22.2 Å². The molecule has 5 nitrogen and oxygen atoms in total. The highest BCUT2D eigenvalue weighted by molar-refractivity contribution is 9.10. The van der Waals surface area contributed by atoms with Crippen LogP contribution in [0.3, 0.4) is 0 Å². The van der Waals surface area contributed by atoms with E-state index in [2.05, 4.69) is 31.0 Å². The van der Waals surface area contributed by atoms with Crippen molar-refractivity contribution in [2.24, 2.45) is 0 Å². The van der Waals surface area contributed by atoms with Crippen molar-refractivity contribution in [3.63, 3.8) is 0 Å². The molecule has 0 saturated carbocycles. The van der Waals surface area contributed by atoms with Crippen molar-refractivity contribution in [2.45, 2.75) is 6.54 Å². The topological polar surface area (TPSA) is 69.6 Å². The van der Waals surface area contributed by atoms with Crippen LogP contribution in [0.2, 0.25) is 0 Å². The molecule has 7 heteroatoms. The Kier molecular flexibility index (Phi) is 2.28. The highest BCUT2D eigenvalue weighted by Crippen LogP contribution is 2.12. The van der Waals surface area contributed by atoms with Crippen LogP contribution in [0.25, 0.3) is 0 Å². The molecule has 2 aromatic rings. The monoisotopic (exact) mass is 259 g/mol. The van der Waals surface area contributed by atoms with Crippen LogP contribution in [0.5, 0.6) is 0 Å². The van der Waals surface area contributed by atoms with E-state index in [1.165, 1.54) is 0 Å². The summed E-state index contributed by atoms with van der Waals surface area (Å²) in [5.41, 5.74) is 5.42. The van der Waals surface area contributed by atoms with Crippen molar-refractivity contribution in [1.82, 2.24) is 19.7 Å². The minimum Gasteiger partial charge on any atom is -0.366 e. The molecule has 0 aromatic carbocycles. The van der Waals surface area contributed by atoms with Gasteiger partial charge in [-0.2, -0.15) is 4.98 Å². The molecule has 2 heterocycles. The molecule has 2 N–H and O–H groups in total. The lowest BCUT2D eigenvalue weighted by Crippen LogP contribution is -2.02. The normalized spacial score (nSPS) is 10.5. The first-order valence-electron chi connectivity index (χ1n) is 3.50. The predicted molar refractivity (Wildman–Crippen MR) is 53.4 cm³/mol. The quantitative estimate of drug-likeness (QED) is 0.878. The van der Waals surface area contributed by atoms with Gasteiger partial charge in [-0.25, -0.2) is 9.67 Å². The van der Waals surface area contributed by atoms with Crippen molar-refractivity contribution < 1.29 is 0 Å². The fourth-order valence-electron chi connectivity index (χ4n) is 0.899. The molecule has 2 aromatic heterocycles. The van der Waals surface area contributed by atoms with Crippen LogP contribution in [-0.2, 0) is 6.54 Å². The molecule has 0 saturated heterocycles. The highest BCUT2D eigenvalue weighted by Gasteiger charge is 2.05. The largest absolute Gasteiger partial charge is 0.366 e. The van der Waals surface area contributed by atoms with Gasteiger partial charge in [0.1, 0.15) is 5.01 Å². The molecule has 0 radical (unpaired) electrons. The Hall–Kier alpha value is -0.950.